The van der Waals surface area contributed by atoms with Crippen molar-refractivity contribution in [3.63, 3.8) is 0 Å². The molecule has 116 valence electrons. The van der Waals surface area contributed by atoms with Crippen LogP contribution in [0.25, 0.3) is 0 Å². The standard InChI is InChI=1S/C15H20BrClN2O2/c1-9-4-3-5-15(18,8-9)14(20)19-12-7-10(17)6-11(16)13(12)21-2/h6-7,9H,3-5,8,18H2,1-2H3,(H,19,20). The summed E-state index contributed by atoms with van der Waals surface area (Å²) >= 11 is 9.41. The second kappa shape index (κ2) is 6.55. The van der Waals surface area contributed by atoms with Gasteiger partial charge in [-0.05, 0) is 46.8 Å². The summed E-state index contributed by atoms with van der Waals surface area (Å²) in [6.45, 7) is 2.13. The van der Waals surface area contributed by atoms with E-state index in [1.165, 1.54) is 0 Å². The maximum absolute atomic E-state index is 12.6. The van der Waals surface area contributed by atoms with Gasteiger partial charge in [-0.2, -0.15) is 0 Å². The van der Waals surface area contributed by atoms with Crippen molar-refractivity contribution in [1.29, 1.82) is 0 Å². The second-order valence-corrected chi connectivity index (χ2v) is 7.07. The highest BCUT2D eigenvalue weighted by Gasteiger charge is 2.38. The Kier molecular flexibility index (Phi) is 5.17. The molecular formula is C15H20BrClN2O2. The van der Waals surface area contributed by atoms with Crippen LogP contribution in [-0.2, 0) is 4.79 Å². The van der Waals surface area contributed by atoms with Gasteiger partial charge in [0.2, 0.25) is 5.91 Å². The lowest BCUT2D eigenvalue weighted by Gasteiger charge is -2.35. The van der Waals surface area contributed by atoms with Gasteiger partial charge in [-0.1, -0.05) is 31.4 Å². The van der Waals surface area contributed by atoms with Crippen molar-refractivity contribution in [3.8, 4) is 5.75 Å². The number of carbonyl (C=O) groups is 1. The highest BCUT2D eigenvalue weighted by molar-refractivity contribution is 9.10. The fourth-order valence-electron chi connectivity index (χ4n) is 2.91. The van der Waals surface area contributed by atoms with Crippen molar-refractivity contribution >= 4 is 39.1 Å². The zero-order valence-corrected chi connectivity index (χ0v) is 14.6. The molecule has 2 unspecified atom stereocenters. The summed E-state index contributed by atoms with van der Waals surface area (Å²) in [7, 11) is 1.55. The van der Waals surface area contributed by atoms with E-state index < -0.39 is 5.54 Å². The summed E-state index contributed by atoms with van der Waals surface area (Å²) in [5.74, 6) is 0.823. The minimum absolute atomic E-state index is 0.179. The van der Waals surface area contributed by atoms with Gasteiger partial charge >= 0.3 is 0 Å². The Bertz CT molecular complexity index is 553. The summed E-state index contributed by atoms with van der Waals surface area (Å²) in [4.78, 5) is 12.6. The lowest BCUT2D eigenvalue weighted by Crippen LogP contribution is -2.53. The van der Waals surface area contributed by atoms with Crippen molar-refractivity contribution < 1.29 is 9.53 Å². The molecule has 1 aromatic rings. The van der Waals surface area contributed by atoms with E-state index in [2.05, 4.69) is 28.2 Å². The molecule has 3 N–H and O–H groups in total. The normalized spacial score (nSPS) is 25.5. The highest BCUT2D eigenvalue weighted by atomic mass is 79.9. The molecule has 0 radical (unpaired) electrons. The van der Waals surface area contributed by atoms with Crippen molar-refractivity contribution in [2.24, 2.45) is 11.7 Å². The van der Waals surface area contributed by atoms with E-state index in [4.69, 9.17) is 22.1 Å². The Hall–Kier alpha value is -0.780. The number of rotatable bonds is 3. The molecule has 0 aliphatic heterocycles. The lowest BCUT2D eigenvalue weighted by atomic mass is 9.76. The average molecular weight is 376 g/mol. The van der Waals surface area contributed by atoms with Gasteiger partial charge in [0.25, 0.3) is 0 Å². The first-order chi connectivity index (χ1) is 9.85. The van der Waals surface area contributed by atoms with Crippen LogP contribution in [0.3, 0.4) is 0 Å². The van der Waals surface area contributed by atoms with Crippen LogP contribution in [0.4, 0.5) is 5.69 Å². The lowest BCUT2D eigenvalue weighted by molar-refractivity contribution is -0.122. The summed E-state index contributed by atoms with van der Waals surface area (Å²) in [6, 6.07) is 3.38. The summed E-state index contributed by atoms with van der Waals surface area (Å²) < 4.78 is 6.00. The van der Waals surface area contributed by atoms with Crippen LogP contribution in [0.15, 0.2) is 16.6 Å². The molecule has 1 aliphatic rings. The molecule has 1 amide bonds. The molecule has 6 heteroatoms. The molecule has 0 bridgehead atoms. The van der Waals surface area contributed by atoms with Gasteiger partial charge in [0.05, 0.1) is 22.8 Å². The number of carbonyl (C=O) groups excluding carboxylic acids is 1. The summed E-state index contributed by atoms with van der Waals surface area (Å²) in [5, 5.41) is 3.39. The number of methoxy groups -OCH3 is 1. The fourth-order valence-corrected chi connectivity index (χ4v) is 3.88. The van der Waals surface area contributed by atoms with E-state index in [0.717, 1.165) is 12.8 Å². The number of nitrogens with one attached hydrogen (secondary N) is 1. The monoisotopic (exact) mass is 374 g/mol. The number of halogens is 2. The molecule has 1 saturated carbocycles. The highest BCUT2D eigenvalue weighted by Crippen LogP contribution is 2.38. The van der Waals surface area contributed by atoms with Gasteiger partial charge in [-0.15, -0.1) is 0 Å². The molecule has 0 saturated heterocycles. The minimum Gasteiger partial charge on any atom is -0.493 e. The number of ether oxygens (including phenoxy) is 1. The van der Waals surface area contributed by atoms with Gasteiger partial charge in [0.15, 0.2) is 5.75 Å². The van der Waals surface area contributed by atoms with Gasteiger partial charge in [0, 0.05) is 5.02 Å². The second-order valence-electron chi connectivity index (χ2n) is 5.78. The molecule has 2 rings (SSSR count). The maximum atomic E-state index is 12.6. The van der Waals surface area contributed by atoms with Crippen LogP contribution in [0.1, 0.15) is 32.6 Å². The number of benzene rings is 1. The molecule has 1 fully saturated rings. The molecule has 4 nitrogen and oxygen atoms in total. The number of hydrogen-bond acceptors (Lipinski definition) is 3. The molecule has 2 atom stereocenters. The van der Waals surface area contributed by atoms with E-state index in [9.17, 15) is 4.79 Å². The summed E-state index contributed by atoms with van der Waals surface area (Å²) in [5.41, 5.74) is 6.02. The average Bonchev–Trinajstić information content (AvgIpc) is 2.37. The van der Waals surface area contributed by atoms with Gasteiger partial charge in [-0.3, -0.25) is 4.79 Å². The molecule has 21 heavy (non-hydrogen) atoms. The van der Waals surface area contributed by atoms with Crippen LogP contribution in [0, 0.1) is 5.92 Å². The van der Waals surface area contributed by atoms with Crippen LogP contribution in [0.2, 0.25) is 5.02 Å². The Morgan fingerprint density at radius 2 is 2.29 bits per heavy atom. The first kappa shape index (κ1) is 16.6. The molecular weight excluding hydrogens is 356 g/mol. The van der Waals surface area contributed by atoms with E-state index in [0.29, 0.717) is 39.7 Å². The van der Waals surface area contributed by atoms with Gasteiger partial charge in [-0.25, -0.2) is 0 Å². The Morgan fingerprint density at radius 1 is 1.57 bits per heavy atom. The van der Waals surface area contributed by atoms with E-state index in [1.54, 1.807) is 19.2 Å². The molecule has 0 spiro atoms. The molecule has 1 aliphatic carbocycles. The number of amides is 1. The first-order valence-electron chi connectivity index (χ1n) is 6.99. The third-order valence-electron chi connectivity index (χ3n) is 3.95. The molecule has 0 heterocycles. The topological polar surface area (TPSA) is 64.3 Å². The largest absolute Gasteiger partial charge is 0.493 e. The number of hydrogen-bond donors (Lipinski definition) is 2. The van der Waals surface area contributed by atoms with E-state index in [1.807, 2.05) is 0 Å². The van der Waals surface area contributed by atoms with Crippen LogP contribution in [0.5, 0.6) is 5.75 Å². The van der Waals surface area contributed by atoms with Gasteiger partial charge < -0.3 is 15.8 Å². The number of anilines is 1. The van der Waals surface area contributed by atoms with Crippen molar-refractivity contribution in [2.45, 2.75) is 38.1 Å². The molecule has 1 aromatic carbocycles. The van der Waals surface area contributed by atoms with E-state index >= 15 is 0 Å². The Labute approximate surface area is 138 Å². The SMILES string of the molecule is COc1c(Br)cc(Cl)cc1NC(=O)C1(N)CCCC(C)C1. The van der Waals surface area contributed by atoms with Gasteiger partial charge in [0.1, 0.15) is 0 Å². The predicted octanol–water partition coefficient (Wildman–Crippen LogP) is 3.96. The van der Waals surface area contributed by atoms with Crippen LogP contribution in [-0.4, -0.2) is 18.6 Å². The first-order valence-corrected chi connectivity index (χ1v) is 8.16. The van der Waals surface area contributed by atoms with Crippen molar-refractivity contribution in [3.05, 3.63) is 21.6 Å². The van der Waals surface area contributed by atoms with E-state index in [-0.39, 0.29) is 5.91 Å². The minimum atomic E-state index is -0.822. The summed E-state index contributed by atoms with van der Waals surface area (Å²) in [6.07, 6.45) is 3.50. The third-order valence-corrected chi connectivity index (χ3v) is 4.75. The van der Waals surface area contributed by atoms with Crippen LogP contribution < -0.4 is 15.8 Å². The smallest absolute Gasteiger partial charge is 0.244 e. The quantitative estimate of drug-likeness (QED) is 0.840. The molecule has 0 aromatic heterocycles. The maximum Gasteiger partial charge on any atom is 0.244 e. The Morgan fingerprint density at radius 3 is 2.90 bits per heavy atom. The predicted molar refractivity (Wildman–Crippen MR) is 88.9 cm³/mol. The fraction of sp³-hybridized carbons (Fsp3) is 0.533. The Balaban J connectivity index is 2.23. The van der Waals surface area contributed by atoms with Crippen LogP contribution >= 0.6 is 27.5 Å². The zero-order chi connectivity index (χ0) is 15.6. The van der Waals surface area contributed by atoms with Crippen molar-refractivity contribution in [1.82, 2.24) is 0 Å². The van der Waals surface area contributed by atoms with Crippen molar-refractivity contribution in [2.75, 3.05) is 12.4 Å². The third kappa shape index (κ3) is 3.71. The number of nitrogens with two attached hydrogens (primary N) is 1. The zero-order valence-electron chi connectivity index (χ0n) is 12.2.